The van der Waals surface area contributed by atoms with E-state index in [-0.39, 0.29) is 0 Å². The van der Waals surface area contributed by atoms with Crippen LogP contribution in [-0.4, -0.2) is 19.2 Å². The van der Waals surface area contributed by atoms with Crippen molar-refractivity contribution in [3.63, 3.8) is 0 Å². The lowest BCUT2D eigenvalue weighted by Gasteiger charge is -2.21. The van der Waals surface area contributed by atoms with E-state index in [1.807, 2.05) is 6.07 Å². The van der Waals surface area contributed by atoms with Crippen LogP contribution in [0.1, 0.15) is 32.3 Å². The molecule has 1 aliphatic rings. The van der Waals surface area contributed by atoms with Crippen LogP contribution in [0.2, 0.25) is 0 Å². The normalized spacial score (nSPS) is 20.1. The van der Waals surface area contributed by atoms with Gasteiger partial charge in [0.1, 0.15) is 11.9 Å². The molecule has 17 heavy (non-hydrogen) atoms. The number of ether oxygens (including phenoxy) is 1. The van der Waals surface area contributed by atoms with E-state index >= 15 is 0 Å². The molecule has 1 aliphatic heterocycles. The second-order valence-corrected chi connectivity index (χ2v) is 5.27. The first-order chi connectivity index (χ1) is 8.20. The van der Waals surface area contributed by atoms with Gasteiger partial charge < -0.3 is 10.1 Å². The van der Waals surface area contributed by atoms with Crippen molar-refractivity contribution >= 4 is 0 Å². The molecule has 0 saturated heterocycles. The highest BCUT2D eigenvalue weighted by Crippen LogP contribution is 2.30. The zero-order valence-electron chi connectivity index (χ0n) is 11.1. The quantitative estimate of drug-likeness (QED) is 0.844. The number of rotatable bonds is 5. The first-order valence-corrected chi connectivity index (χ1v) is 6.62. The molecule has 1 N–H and O–H groups in total. The molecule has 2 nitrogen and oxygen atoms in total. The van der Waals surface area contributed by atoms with Crippen LogP contribution in [0, 0.1) is 5.92 Å². The summed E-state index contributed by atoms with van der Waals surface area (Å²) >= 11 is 0. The van der Waals surface area contributed by atoms with Crippen molar-refractivity contribution < 1.29 is 4.74 Å². The van der Waals surface area contributed by atoms with Crippen molar-refractivity contribution in [2.75, 3.05) is 7.05 Å². The number of para-hydroxylation sites is 1. The summed E-state index contributed by atoms with van der Waals surface area (Å²) in [7, 11) is 2.05. The zero-order chi connectivity index (χ0) is 12.3. The van der Waals surface area contributed by atoms with Crippen LogP contribution in [0.25, 0.3) is 0 Å². The Morgan fingerprint density at radius 2 is 2.12 bits per heavy atom. The molecule has 0 aromatic heterocycles. The minimum Gasteiger partial charge on any atom is -0.490 e. The van der Waals surface area contributed by atoms with Crippen LogP contribution >= 0.6 is 0 Å². The smallest absolute Gasteiger partial charge is 0.123 e. The van der Waals surface area contributed by atoms with Crippen LogP contribution < -0.4 is 10.1 Å². The predicted molar refractivity (Wildman–Crippen MR) is 71.5 cm³/mol. The van der Waals surface area contributed by atoms with E-state index in [0.717, 1.165) is 18.6 Å². The average molecular weight is 233 g/mol. The molecule has 0 fully saturated rings. The van der Waals surface area contributed by atoms with E-state index in [1.165, 1.54) is 12.0 Å². The van der Waals surface area contributed by atoms with Crippen LogP contribution in [0.4, 0.5) is 0 Å². The van der Waals surface area contributed by atoms with Gasteiger partial charge in [-0.3, -0.25) is 0 Å². The van der Waals surface area contributed by atoms with Crippen molar-refractivity contribution in [2.45, 2.75) is 45.3 Å². The summed E-state index contributed by atoms with van der Waals surface area (Å²) in [5.74, 6) is 1.77. The molecule has 2 heteroatoms. The number of hydrogen-bond acceptors (Lipinski definition) is 2. The molecule has 2 unspecified atom stereocenters. The minimum absolute atomic E-state index is 0.377. The van der Waals surface area contributed by atoms with Crippen molar-refractivity contribution in [1.82, 2.24) is 5.32 Å². The fourth-order valence-electron chi connectivity index (χ4n) is 2.59. The maximum atomic E-state index is 5.95. The zero-order valence-corrected chi connectivity index (χ0v) is 11.1. The summed E-state index contributed by atoms with van der Waals surface area (Å²) in [6.07, 6.45) is 3.78. The summed E-state index contributed by atoms with van der Waals surface area (Å²) in [6, 6.07) is 8.99. The second-order valence-electron chi connectivity index (χ2n) is 5.27. The summed E-state index contributed by atoms with van der Waals surface area (Å²) < 4.78 is 5.95. The van der Waals surface area contributed by atoms with Crippen molar-refractivity contribution in [3.8, 4) is 5.75 Å². The van der Waals surface area contributed by atoms with Gasteiger partial charge in [0.15, 0.2) is 0 Å². The van der Waals surface area contributed by atoms with E-state index in [9.17, 15) is 0 Å². The van der Waals surface area contributed by atoms with E-state index in [2.05, 4.69) is 44.4 Å². The summed E-state index contributed by atoms with van der Waals surface area (Å²) in [4.78, 5) is 0. The molecule has 1 aromatic rings. The molecular formula is C15H23NO. The third-order valence-electron chi connectivity index (χ3n) is 3.69. The van der Waals surface area contributed by atoms with Gasteiger partial charge in [-0.1, -0.05) is 32.0 Å². The monoisotopic (exact) mass is 233 g/mol. The average Bonchev–Trinajstić information content (AvgIpc) is 2.71. The van der Waals surface area contributed by atoms with Crippen molar-refractivity contribution in [1.29, 1.82) is 0 Å². The Labute approximate surface area is 104 Å². The molecule has 1 heterocycles. The highest BCUT2D eigenvalue weighted by atomic mass is 16.5. The molecule has 2 rings (SSSR count). The Kier molecular flexibility index (Phi) is 4.06. The fraction of sp³-hybridized carbons (Fsp3) is 0.600. The lowest BCUT2D eigenvalue weighted by Crippen LogP contribution is -2.32. The standard InChI is InChI=1S/C15H23NO/c1-11(2)14(16-3)9-8-13-10-12-6-4-5-7-15(12)17-13/h4-7,11,13-14,16H,8-10H2,1-3H3. The summed E-state index contributed by atoms with van der Waals surface area (Å²) in [5.41, 5.74) is 1.36. The van der Waals surface area contributed by atoms with Gasteiger partial charge in [0.05, 0.1) is 0 Å². The summed E-state index contributed by atoms with van der Waals surface area (Å²) in [5, 5.41) is 3.39. The second kappa shape index (κ2) is 5.54. The molecule has 94 valence electrons. The maximum Gasteiger partial charge on any atom is 0.123 e. The molecule has 0 spiro atoms. The van der Waals surface area contributed by atoms with Gasteiger partial charge in [0.25, 0.3) is 0 Å². The maximum absolute atomic E-state index is 5.95. The van der Waals surface area contributed by atoms with Crippen LogP contribution in [0.3, 0.4) is 0 Å². The third-order valence-corrected chi connectivity index (χ3v) is 3.69. The van der Waals surface area contributed by atoms with Crippen molar-refractivity contribution in [3.05, 3.63) is 29.8 Å². The molecule has 0 bridgehead atoms. The van der Waals surface area contributed by atoms with Crippen molar-refractivity contribution in [2.24, 2.45) is 5.92 Å². The van der Waals surface area contributed by atoms with E-state index in [4.69, 9.17) is 4.74 Å². The van der Waals surface area contributed by atoms with Crippen LogP contribution in [0.5, 0.6) is 5.75 Å². The topological polar surface area (TPSA) is 21.3 Å². The van der Waals surface area contributed by atoms with Gasteiger partial charge in [-0.25, -0.2) is 0 Å². The number of hydrogen-bond donors (Lipinski definition) is 1. The molecule has 2 atom stereocenters. The van der Waals surface area contributed by atoms with Crippen LogP contribution in [-0.2, 0) is 6.42 Å². The Hall–Kier alpha value is -1.02. The third kappa shape index (κ3) is 3.01. The molecule has 0 radical (unpaired) electrons. The van der Waals surface area contributed by atoms with Gasteiger partial charge >= 0.3 is 0 Å². The summed E-state index contributed by atoms with van der Waals surface area (Å²) in [6.45, 7) is 4.54. The van der Waals surface area contributed by atoms with Gasteiger partial charge in [0, 0.05) is 12.5 Å². The Morgan fingerprint density at radius 1 is 1.35 bits per heavy atom. The molecule has 0 aliphatic carbocycles. The Balaban J connectivity index is 1.84. The number of benzene rings is 1. The number of fused-ring (bicyclic) bond motifs is 1. The molecular weight excluding hydrogens is 210 g/mol. The first kappa shape index (κ1) is 12.4. The van der Waals surface area contributed by atoms with E-state index in [1.54, 1.807) is 0 Å². The lowest BCUT2D eigenvalue weighted by atomic mass is 9.96. The lowest BCUT2D eigenvalue weighted by molar-refractivity contribution is 0.206. The molecule has 0 saturated carbocycles. The fourth-order valence-corrected chi connectivity index (χ4v) is 2.59. The molecule has 0 amide bonds. The first-order valence-electron chi connectivity index (χ1n) is 6.62. The van der Waals surface area contributed by atoms with Gasteiger partial charge in [-0.05, 0) is 37.4 Å². The SMILES string of the molecule is CNC(CCC1Cc2ccccc2O1)C(C)C. The Morgan fingerprint density at radius 3 is 2.76 bits per heavy atom. The highest BCUT2D eigenvalue weighted by Gasteiger charge is 2.23. The van der Waals surface area contributed by atoms with Crippen LogP contribution in [0.15, 0.2) is 24.3 Å². The van der Waals surface area contributed by atoms with E-state index < -0.39 is 0 Å². The van der Waals surface area contributed by atoms with Gasteiger partial charge in [0.2, 0.25) is 0 Å². The largest absolute Gasteiger partial charge is 0.490 e. The van der Waals surface area contributed by atoms with E-state index in [0.29, 0.717) is 18.1 Å². The van der Waals surface area contributed by atoms with Gasteiger partial charge in [-0.2, -0.15) is 0 Å². The predicted octanol–water partition coefficient (Wildman–Crippen LogP) is 3.01. The Bertz CT molecular complexity index is 337. The molecule has 1 aromatic carbocycles. The number of nitrogens with one attached hydrogen (secondary N) is 1. The highest BCUT2D eigenvalue weighted by molar-refractivity contribution is 5.37. The minimum atomic E-state index is 0.377. The van der Waals surface area contributed by atoms with Gasteiger partial charge in [-0.15, -0.1) is 0 Å².